The van der Waals surface area contributed by atoms with Crippen molar-refractivity contribution in [3.8, 4) is 0 Å². The van der Waals surface area contributed by atoms with E-state index in [1.807, 2.05) is 6.07 Å². The Morgan fingerprint density at radius 1 is 1.22 bits per heavy atom. The minimum absolute atomic E-state index is 0.242. The zero-order valence-corrected chi connectivity index (χ0v) is 14.6. The van der Waals surface area contributed by atoms with Crippen LogP contribution in [-0.2, 0) is 22.6 Å². The van der Waals surface area contributed by atoms with Crippen LogP contribution in [0.1, 0.15) is 32.5 Å². The van der Waals surface area contributed by atoms with E-state index in [9.17, 15) is 4.79 Å². The monoisotopic (exact) mass is 337 g/mol. The van der Waals surface area contributed by atoms with Gasteiger partial charge in [-0.3, -0.25) is 4.90 Å². The molecule has 0 amide bonds. The van der Waals surface area contributed by atoms with Gasteiger partial charge >= 0.3 is 5.97 Å². The van der Waals surface area contributed by atoms with Crippen LogP contribution in [0, 0.1) is 6.92 Å². The quantitative estimate of drug-likeness (QED) is 0.518. The first-order chi connectivity index (χ1) is 11.1. The first-order valence-electron chi connectivity index (χ1n) is 7.56. The van der Waals surface area contributed by atoms with Gasteiger partial charge in [-0.25, -0.2) is 4.79 Å². The molecular weight excluding hydrogens is 314 g/mol. The number of ether oxygens (including phenoxy) is 2. The minimum Gasteiger partial charge on any atom is -0.463 e. The van der Waals surface area contributed by atoms with Gasteiger partial charge in [0.25, 0.3) is 0 Å². The van der Waals surface area contributed by atoms with Crippen molar-refractivity contribution < 1.29 is 18.7 Å². The van der Waals surface area contributed by atoms with E-state index in [1.54, 1.807) is 24.5 Å². The Labute approximate surface area is 140 Å². The van der Waals surface area contributed by atoms with Crippen molar-refractivity contribution in [3.63, 3.8) is 0 Å². The molecule has 0 unspecified atom stereocenters. The van der Waals surface area contributed by atoms with E-state index in [0.717, 1.165) is 31.9 Å². The maximum absolute atomic E-state index is 11.5. The summed E-state index contributed by atoms with van der Waals surface area (Å²) in [5.74, 6) is 0.554. The lowest BCUT2D eigenvalue weighted by Gasteiger charge is -2.20. The molecule has 0 saturated heterocycles. The number of methoxy groups -OCH3 is 2. The molecule has 0 saturated carbocycles. The Bertz CT molecular complexity index is 620. The Kier molecular flexibility index (Phi) is 6.83. The molecule has 6 heteroatoms. The summed E-state index contributed by atoms with van der Waals surface area (Å²) in [7, 11) is 3.06. The molecule has 0 radical (unpaired) electrons. The van der Waals surface area contributed by atoms with Gasteiger partial charge in [0, 0.05) is 36.6 Å². The van der Waals surface area contributed by atoms with Gasteiger partial charge in [0.1, 0.15) is 5.76 Å². The molecule has 2 aromatic heterocycles. The number of hydrogen-bond acceptors (Lipinski definition) is 6. The van der Waals surface area contributed by atoms with Crippen molar-refractivity contribution >= 4 is 17.3 Å². The van der Waals surface area contributed by atoms with Crippen LogP contribution < -0.4 is 0 Å². The van der Waals surface area contributed by atoms with Crippen LogP contribution in [-0.4, -0.2) is 38.2 Å². The molecule has 0 atom stereocenters. The molecular formula is C17H23NO4S. The lowest BCUT2D eigenvalue weighted by atomic mass is 10.3. The molecule has 0 bridgehead atoms. The van der Waals surface area contributed by atoms with E-state index >= 15 is 0 Å². The maximum Gasteiger partial charge on any atom is 0.373 e. The number of thiophene rings is 1. The van der Waals surface area contributed by atoms with Crippen LogP contribution >= 0.6 is 11.3 Å². The fraction of sp³-hybridized carbons (Fsp3) is 0.471. The highest BCUT2D eigenvalue weighted by Crippen LogP contribution is 2.19. The molecule has 2 rings (SSSR count). The number of carbonyl (C=O) groups excluding carboxylic acids is 1. The fourth-order valence-corrected chi connectivity index (χ4v) is 3.26. The van der Waals surface area contributed by atoms with Gasteiger partial charge in [-0.15, -0.1) is 11.3 Å². The summed E-state index contributed by atoms with van der Waals surface area (Å²) < 4.78 is 15.4. The Morgan fingerprint density at radius 3 is 2.70 bits per heavy atom. The van der Waals surface area contributed by atoms with Gasteiger partial charge in [-0.05, 0) is 37.6 Å². The van der Waals surface area contributed by atoms with Gasteiger partial charge in [-0.1, -0.05) is 0 Å². The largest absolute Gasteiger partial charge is 0.463 e. The van der Waals surface area contributed by atoms with E-state index in [-0.39, 0.29) is 5.76 Å². The molecule has 2 heterocycles. The minimum atomic E-state index is -0.448. The van der Waals surface area contributed by atoms with Crippen molar-refractivity contribution in [2.24, 2.45) is 0 Å². The molecule has 0 aromatic carbocycles. The summed E-state index contributed by atoms with van der Waals surface area (Å²) >= 11 is 1.80. The molecule has 5 nitrogen and oxygen atoms in total. The number of esters is 1. The normalized spacial score (nSPS) is 11.1. The van der Waals surface area contributed by atoms with Crippen molar-refractivity contribution in [2.45, 2.75) is 26.4 Å². The molecule has 23 heavy (non-hydrogen) atoms. The standard InChI is InChI=1S/C17H23NO4S/c1-13-5-7-15(23-13)12-18(9-4-10-20-2)11-14-6-8-16(22-14)17(19)21-3/h5-8H,4,9-12H2,1-3H3. The van der Waals surface area contributed by atoms with Crippen molar-refractivity contribution in [2.75, 3.05) is 27.4 Å². The number of nitrogens with zero attached hydrogens (tertiary/aromatic N) is 1. The SMILES string of the molecule is COCCCN(Cc1ccc(C(=O)OC)o1)Cc1ccc(C)s1. The predicted molar refractivity (Wildman–Crippen MR) is 89.7 cm³/mol. The second-order valence-electron chi connectivity index (χ2n) is 5.33. The van der Waals surface area contributed by atoms with Crippen LogP contribution in [0.25, 0.3) is 0 Å². The molecule has 2 aromatic rings. The average Bonchev–Trinajstić information content (AvgIpc) is 3.16. The molecule has 0 aliphatic heterocycles. The fourth-order valence-electron chi connectivity index (χ4n) is 2.33. The summed E-state index contributed by atoms with van der Waals surface area (Å²) in [6.45, 7) is 5.25. The third-order valence-electron chi connectivity index (χ3n) is 3.43. The van der Waals surface area contributed by atoms with Crippen LogP contribution in [0.5, 0.6) is 0 Å². The lowest BCUT2D eigenvalue weighted by molar-refractivity contribution is 0.0560. The number of carbonyl (C=O) groups is 1. The first kappa shape index (κ1) is 17.7. The van der Waals surface area contributed by atoms with Crippen molar-refractivity contribution in [1.29, 1.82) is 0 Å². The first-order valence-corrected chi connectivity index (χ1v) is 8.37. The number of hydrogen-bond donors (Lipinski definition) is 0. The molecule has 0 aliphatic rings. The number of aryl methyl sites for hydroxylation is 1. The number of rotatable bonds is 9. The zero-order valence-electron chi connectivity index (χ0n) is 13.8. The van der Waals surface area contributed by atoms with Crippen molar-refractivity contribution in [1.82, 2.24) is 4.90 Å². The highest BCUT2D eigenvalue weighted by atomic mass is 32.1. The topological polar surface area (TPSA) is 51.9 Å². The Hall–Kier alpha value is -1.63. The van der Waals surface area contributed by atoms with E-state index in [0.29, 0.717) is 6.54 Å². The Balaban J connectivity index is 2.00. The molecule has 0 spiro atoms. The van der Waals surface area contributed by atoms with Gasteiger partial charge in [0.2, 0.25) is 5.76 Å². The zero-order chi connectivity index (χ0) is 16.7. The van der Waals surface area contributed by atoms with Gasteiger partial charge < -0.3 is 13.9 Å². The summed E-state index contributed by atoms with van der Waals surface area (Å²) in [6, 6.07) is 7.78. The van der Waals surface area contributed by atoms with Gasteiger partial charge in [-0.2, -0.15) is 0 Å². The summed E-state index contributed by atoms with van der Waals surface area (Å²) in [4.78, 5) is 16.4. The van der Waals surface area contributed by atoms with E-state index < -0.39 is 5.97 Å². The molecule has 0 fully saturated rings. The van der Waals surface area contributed by atoms with Crippen molar-refractivity contribution in [3.05, 3.63) is 45.5 Å². The average molecular weight is 337 g/mol. The maximum atomic E-state index is 11.5. The summed E-state index contributed by atoms with van der Waals surface area (Å²) in [5.41, 5.74) is 0. The smallest absolute Gasteiger partial charge is 0.373 e. The summed E-state index contributed by atoms with van der Waals surface area (Å²) in [5, 5.41) is 0. The summed E-state index contributed by atoms with van der Waals surface area (Å²) in [6.07, 6.45) is 0.950. The molecule has 0 N–H and O–H groups in total. The van der Waals surface area contributed by atoms with Crippen LogP contribution in [0.15, 0.2) is 28.7 Å². The predicted octanol–water partition coefficient (Wildman–Crippen LogP) is 3.47. The van der Waals surface area contributed by atoms with Crippen LogP contribution in [0.3, 0.4) is 0 Å². The highest BCUT2D eigenvalue weighted by molar-refractivity contribution is 7.11. The van der Waals surface area contributed by atoms with E-state index in [2.05, 4.69) is 28.7 Å². The van der Waals surface area contributed by atoms with E-state index in [4.69, 9.17) is 9.15 Å². The van der Waals surface area contributed by atoms with Gasteiger partial charge in [0.15, 0.2) is 0 Å². The second-order valence-corrected chi connectivity index (χ2v) is 6.70. The van der Waals surface area contributed by atoms with Crippen LogP contribution in [0.4, 0.5) is 0 Å². The molecule has 0 aliphatic carbocycles. The van der Waals surface area contributed by atoms with E-state index in [1.165, 1.54) is 16.9 Å². The third-order valence-corrected chi connectivity index (χ3v) is 4.41. The van der Waals surface area contributed by atoms with Crippen LogP contribution in [0.2, 0.25) is 0 Å². The third kappa shape index (κ3) is 5.49. The number of furan rings is 1. The van der Waals surface area contributed by atoms with Gasteiger partial charge in [0.05, 0.1) is 13.7 Å². The Morgan fingerprint density at radius 2 is 2.04 bits per heavy atom. The second kappa shape index (κ2) is 8.86. The lowest BCUT2D eigenvalue weighted by Crippen LogP contribution is -2.24. The molecule has 126 valence electrons. The highest BCUT2D eigenvalue weighted by Gasteiger charge is 2.14.